The van der Waals surface area contributed by atoms with E-state index >= 15 is 0 Å². The van der Waals surface area contributed by atoms with Gasteiger partial charge in [0.25, 0.3) is 0 Å². The molecule has 7 heteroatoms. The number of hydrogen-bond acceptors (Lipinski definition) is 2. The van der Waals surface area contributed by atoms with Crippen LogP contribution in [0.1, 0.15) is 26.2 Å². The summed E-state index contributed by atoms with van der Waals surface area (Å²) >= 11 is 0. The molecule has 0 bridgehead atoms. The highest BCUT2D eigenvalue weighted by Gasteiger charge is 2.69. The molecule has 0 spiro atoms. The zero-order valence-electron chi connectivity index (χ0n) is 7.41. The zero-order chi connectivity index (χ0) is 11.6. The highest BCUT2D eigenvalue weighted by molar-refractivity contribution is 4.90. The summed E-state index contributed by atoms with van der Waals surface area (Å²) in [4.78, 5) is 0. The van der Waals surface area contributed by atoms with Crippen molar-refractivity contribution in [2.45, 2.75) is 44.1 Å². The Morgan fingerprint density at radius 2 is 1.43 bits per heavy atom. The Morgan fingerprint density at radius 1 is 1.00 bits per heavy atom. The fraction of sp³-hybridized carbons (Fsp3) is 1.00. The van der Waals surface area contributed by atoms with Crippen molar-refractivity contribution in [2.24, 2.45) is 0 Å². The van der Waals surface area contributed by atoms with E-state index in [-0.39, 0.29) is 12.8 Å². The summed E-state index contributed by atoms with van der Waals surface area (Å²) in [6.07, 6.45) is -1.36. The number of unbranched alkanes of at least 4 members (excludes halogenated alkanes) is 1. The second-order valence-electron chi connectivity index (χ2n) is 2.97. The number of rotatable bonds is 5. The van der Waals surface area contributed by atoms with E-state index in [0.29, 0.717) is 0 Å². The van der Waals surface area contributed by atoms with Gasteiger partial charge in [0.2, 0.25) is 0 Å². The lowest BCUT2D eigenvalue weighted by Gasteiger charge is -2.30. The van der Waals surface area contributed by atoms with Gasteiger partial charge in [-0.3, -0.25) is 0 Å². The molecule has 0 saturated heterocycles. The topological polar surface area (TPSA) is 40.5 Å². The molecule has 0 saturated carbocycles. The number of halogens is 5. The lowest BCUT2D eigenvalue weighted by Crippen LogP contribution is -2.56. The Morgan fingerprint density at radius 3 is 1.71 bits per heavy atom. The molecule has 0 radical (unpaired) electrons. The fourth-order valence-corrected chi connectivity index (χ4v) is 0.788. The molecule has 0 aromatic heterocycles. The summed E-state index contributed by atoms with van der Waals surface area (Å²) in [5, 5.41) is 15.7. The second kappa shape index (κ2) is 3.98. The smallest absolute Gasteiger partial charge is 0.335 e. The van der Waals surface area contributed by atoms with Gasteiger partial charge in [-0.15, -0.1) is 0 Å². The van der Waals surface area contributed by atoms with E-state index in [0.717, 1.165) is 0 Å². The van der Waals surface area contributed by atoms with Crippen LogP contribution in [-0.4, -0.2) is 28.1 Å². The molecular formula is C7H11F5O2. The Labute approximate surface area is 77.3 Å². The molecule has 0 aliphatic heterocycles. The lowest BCUT2D eigenvalue weighted by atomic mass is 10.0. The Bertz CT molecular complexity index is 187. The highest BCUT2D eigenvalue weighted by Crippen LogP contribution is 2.44. The molecular weight excluding hydrogens is 211 g/mol. The van der Waals surface area contributed by atoms with Crippen LogP contribution in [0.15, 0.2) is 0 Å². The minimum absolute atomic E-state index is 0.210. The standard InChI is InChI=1S/C7H11F5O2/c1-2-3-4-5(8,9)6(10,11)7(12,13)14/h13-14H,2-4H2,1H3. The van der Waals surface area contributed by atoms with Crippen molar-refractivity contribution >= 4 is 0 Å². The number of alkyl halides is 5. The van der Waals surface area contributed by atoms with Gasteiger partial charge in [0, 0.05) is 6.42 Å². The Hall–Kier alpha value is -0.430. The molecule has 0 rings (SSSR count). The van der Waals surface area contributed by atoms with E-state index in [9.17, 15) is 22.0 Å². The van der Waals surface area contributed by atoms with Gasteiger partial charge in [-0.2, -0.15) is 22.0 Å². The first kappa shape index (κ1) is 13.6. The quantitative estimate of drug-likeness (QED) is 0.552. The van der Waals surface area contributed by atoms with Crippen LogP contribution in [0.5, 0.6) is 0 Å². The van der Waals surface area contributed by atoms with E-state index in [4.69, 9.17) is 10.2 Å². The summed E-state index contributed by atoms with van der Waals surface area (Å²) in [5.41, 5.74) is 0. The van der Waals surface area contributed by atoms with Gasteiger partial charge in [0.05, 0.1) is 0 Å². The van der Waals surface area contributed by atoms with Crippen molar-refractivity contribution in [1.29, 1.82) is 0 Å². The van der Waals surface area contributed by atoms with Crippen molar-refractivity contribution in [2.75, 3.05) is 0 Å². The first-order valence-corrected chi connectivity index (χ1v) is 3.95. The van der Waals surface area contributed by atoms with Crippen LogP contribution in [0, 0.1) is 0 Å². The molecule has 0 unspecified atom stereocenters. The highest BCUT2D eigenvalue weighted by atomic mass is 19.3. The first-order valence-electron chi connectivity index (χ1n) is 3.95. The SMILES string of the molecule is CCCCC(F)(F)C(F)(F)C(O)(O)F. The predicted molar refractivity (Wildman–Crippen MR) is 37.7 cm³/mol. The summed E-state index contributed by atoms with van der Waals surface area (Å²) in [7, 11) is 0. The van der Waals surface area contributed by atoms with Crippen molar-refractivity contribution in [3.8, 4) is 0 Å². The second-order valence-corrected chi connectivity index (χ2v) is 2.97. The predicted octanol–water partition coefficient (Wildman–Crippen LogP) is 2.06. The van der Waals surface area contributed by atoms with Crippen molar-refractivity contribution in [3.05, 3.63) is 0 Å². The van der Waals surface area contributed by atoms with Crippen LogP contribution in [0.4, 0.5) is 22.0 Å². The maximum Gasteiger partial charge on any atom is 0.393 e. The van der Waals surface area contributed by atoms with E-state index in [2.05, 4.69) is 0 Å². The van der Waals surface area contributed by atoms with Crippen LogP contribution < -0.4 is 0 Å². The van der Waals surface area contributed by atoms with Crippen molar-refractivity contribution in [1.82, 2.24) is 0 Å². The summed E-state index contributed by atoms with van der Waals surface area (Å²) in [6, 6.07) is -5.20. The van der Waals surface area contributed by atoms with Crippen LogP contribution >= 0.6 is 0 Å². The third-order valence-electron chi connectivity index (χ3n) is 1.70. The van der Waals surface area contributed by atoms with Gasteiger partial charge >= 0.3 is 17.9 Å². The summed E-state index contributed by atoms with van der Waals surface area (Å²) < 4.78 is 61.9. The van der Waals surface area contributed by atoms with Gasteiger partial charge < -0.3 is 10.2 Å². The van der Waals surface area contributed by atoms with Gasteiger partial charge in [-0.05, 0) is 6.42 Å². The summed E-state index contributed by atoms with van der Waals surface area (Å²) in [5.74, 6) is -10.3. The molecule has 0 fully saturated rings. The Kier molecular flexibility index (Phi) is 3.85. The fourth-order valence-electron chi connectivity index (χ4n) is 0.788. The summed E-state index contributed by atoms with van der Waals surface area (Å²) in [6.45, 7) is 1.48. The third kappa shape index (κ3) is 2.54. The molecule has 2 nitrogen and oxygen atoms in total. The average Bonchev–Trinajstić information content (AvgIpc) is 1.98. The van der Waals surface area contributed by atoms with E-state index in [1.807, 2.05) is 0 Å². The van der Waals surface area contributed by atoms with Gasteiger partial charge in [-0.25, -0.2) is 0 Å². The maximum absolute atomic E-state index is 12.6. The molecule has 0 aromatic rings. The van der Waals surface area contributed by atoms with Crippen molar-refractivity contribution in [3.63, 3.8) is 0 Å². The maximum atomic E-state index is 12.6. The monoisotopic (exact) mass is 222 g/mol. The largest absolute Gasteiger partial charge is 0.393 e. The first-order chi connectivity index (χ1) is 6.06. The van der Waals surface area contributed by atoms with Crippen LogP contribution in [-0.2, 0) is 0 Å². The normalized spacial score (nSPS) is 14.6. The van der Waals surface area contributed by atoms with E-state index < -0.39 is 24.3 Å². The molecule has 0 aliphatic carbocycles. The van der Waals surface area contributed by atoms with Gasteiger partial charge in [-0.1, -0.05) is 13.3 Å². The molecule has 86 valence electrons. The Balaban J connectivity index is 4.69. The van der Waals surface area contributed by atoms with Crippen LogP contribution in [0.2, 0.25) is 0 Å². The van der Waals surface area contributed by atoms with Gasteiger partial charge in [0.15, 0.2) is 0 Å². The average molecular weight is 222 g/mol. The third-order valence-corrected chi connectivity index (χ3v) is 1.70. The molecule has 0 atom stereocenters. The minimum atomic E-state index is -5.50. The minimum Gasteiger partial charge on any atom is -0.335 e. The number of aliphatic hydroxyl groups is 2. The zero-order valence-corrected chi connectivity index (χ0v) is 7.41. The van der Waals surface area contributed by atoms with E-state index in [1.54, 1.807) is 0 Å². The molecule has 0 aliphatic rings. The molecule has 0 heterocycles. The number of hydrogen-bond donors (Lipinski definition) is 2. The van der Waals surface area contributed by atoms with Gasteiger partial charge in [0.1, 0.15) is 0 Å². The van der Waals surface area contributed by atoms with Crippen molar-refractivity contribution < 1.29 is 32.2 Å². The lowest BCUT2D eigenvalue weighted by molar-refractivity contribution is -0.414. The van der Waals surface area contributed by atoms with Crippen LogP contribution in [0.3, 0.4) is 0 Å². The van der Waals surface area contributed by atoms with Crippen LogP contribution in [0.25, 0.3) is 0 Å². The molecule has 0 amide bonds. The van der Waals surface area contributed by atoms with E-state index in [1.165, 1.54) is 6.92 Å². The molecule has 0 aromatic carbocycles. The molecule has 14 heavy (non-hydrogen) atoms. The molecule has 2 N–H and O–H groups in total.